The molecule has 0 spiro atoms. The molecule has 0 aliphatic heterocycles. The van der Waals surface area contributed by atoms with Gasteiger partial charge in [0.05, 0.1) is 19.3 Å². The minimum absolute atomic E-state index is 0.0425. The maximum atomic E-state index is 12.7. The number of nitrogens with one attached hydrogen (secondary N) is 3. The Kier molecular flexibility index (Phi) is 6.78. The maximum absolute atomic E-state index is 12.7. The van der Waals surface area contributed by atoms with Gasteiger partial charge >= 0.3 is 6.09 Å². The molecule has 0 unspecified atom stereocenters. The van der Waals surface area contributed by atoms with Crippen molar-refractivity contribution in [3.8, 4) is 5.75 Å². The lowest BCUT2D eigenvalue weighted by molar-refractivity contribution is -0.131. The van der Waals surface area contributed by atoms with Crippen LogP contribution in [0.15, 0.2) is 18.2 Å². The number of hydrogen-bond donors (Lipinski definition) is 3. The van der Waals surface area contributed by atoms with Crippen molar-refractivity contribution < 1.29 is 23.9 Å². The Morgan fingerprint density at radius 1 is 0.971 bits per heavy atom. The van der Waals surface area contributed by atoms with Crippen LogP contribution in [-0.4, -0.2) is 37.2 Å². The van der Waals surface area contributed by atoms with Crippen LogP contribution in [0.2, 0.25) is 0 Å². The summed E-state index contributed by atoms with van der Waals surface area (Å²) < 4.78 is 10.6. The second-order valence-electron chi connectivity index (χ2n) is 11.5. The molecule has 8 nitrogen and oxygen atoms in total. The summed E-state index contributed by atoms with van der Waals surface area (Å²) in [6.45, 7) is 5.24. The predicted molar refractivity (Wildman–Crippen MR) is 130 cm³/mol. The van der Waals surface area contributed by atoms with Gasteiger partial charge in [0.25, 0.3) is 0 Å². The summed E-state index contributed by atoms with van der Waals surface area (Å²) in [5, 5.41) is 8.22. The van der Waals surface area contributed by atoms with E-state index in [0.717, 1.165) is 17.8 Å². The Hall–Kier alpha value is -2.77. The molecule has 0 saturated heterocycles. The molecule has 5 rings (SSSR count). The lowest BCUT2D eigenvalue weighted by Crippen LogP contribution is -2.48. The number of ether oxygens (including phenoxy) is 2. The molecule has 1 aromatic carbocycles. The van der Waals surface area contributed by atoms with E-state index in [2.05, 4.69) is 16.0 Å². The zero-order valence-electron chi connectivity index (χ0n) is 20.7. The fraction of sp³-hybridized carbons (Fsp3) is 0.654. The van der Waals surface area contributed by atoms with Crippen LogP contribution in [0.25, 0.3) is 0 Å². The van der Waals surface area contributed by atoms with Gasteiger partial charge in [0.2, 0.25) is 11.8 Å². The van der Waals surface area contributed by atoms with Gasteiger partial charge in [-0.25, -0.2) is 4.79 Å². The highest BCUT2D eigenvalue weighted by molar-refractivity contribution is 5.96. The highest BCUT2D eigenvalue weighted by Crippen LogP contribution is 2.61. The molecule has 0 aromatic heterocycles. The SMILES string of the molecule is COc1ccc(NC(=O)CNC(=O)CC23CC4CC(CC(C4)C2)C3)cc1NC(=O)OC(C)(C)C. The summed E-state index contributed by atoms with van der Waals surface area (Å²) >= 11 is 0. The van der Waals surface area contributed by atoms with E-state index in [9.17, 15) is 14.4 Å². The Labute approximate surface area is 201 Å². The van der Waals surface area contributed by atoms with Crippen LogP contribution in [0.1, 0.15) is 65.7 Å². The van der Waals surface area contributed by atoms with Crippen LogP contribution in [0, 0.1) is 23.2 Å². The second kappa shape index (κ2) is 9.47. The first-order valence-electron chi connectivity index (χ1n) is 12.3. The third kappa shape index (κ3) is 6.02. The number of rotatable bonds is 7. The molecule has 4 fully saturated rings. The number of methoxy groups -OCH3 is 1. The van der Waals surface area contributed by atoms with E-state index in [-0.39, 0.29) is 23.8 Å². The van der Waals surface area contributed by atoms with E-state index in [0.29, 0.717) is 23.5 Å². The van der Waals surface area contributed by atoms with Crippen LogP contribution < -0.4 is 20.7 Å². The van der Waals surface area contributed by atoms with Crippen LogP contribution >= 0.6 is 0 Å². The van der Waals surface area contributed by atoms with Crippen LogP contribution in [0.5, 0.6) is 5.75 Å². The molecule has 4 aliphatic rings. The van der Waals surface area contributed by atoms with Gasteiger partial charge in [0.15, 0.2) is 0 Å². The van der Waals surface area contributed by atoms with Crippen molar-refractivity contribution in [2.75, 3.05) is 24.3 Å². The summed E-state index contributed by atoms with van der Waals surface area (Å²) in [5.74, 6) is 2.45. The first kappa shape index (κ1) is 24.4. The summed E-state index contributed by atoms with van der Waals surface area (Å²) in [7, 11) is 1.49. The van der Waals surface area contributed by atoms with Gasteiger partial charge in [-0.1, -0.05) is 0 Å². The number of hydrogen-bond acceptors (Lipinski definition) is 5. The fourth-order valence-electron chi connectivity index (χ4n) is 6.59. The topological polar surface area (TPSA) is 106 Å². The van der Waals surface area contributed by atoms with Crippen molar-refractivity contribution in [2.24, 2.45) is 23.2 Å². The Morgan fingerprint density at radius 3 is 2.15 bits per heavy atom. The van der Waals surface area contributed by atoms with E-state index in [1.165, 1.54) is 45.6 Å². The maximum Gasteiger partial charge on any atom is 0.412 e. The lowest BCUT2D eigenvalue weighted by atomic mass is 9.49. The van der Waals surface area contributed by atoms with Crippen molar-refractivity contribution in [2.45, 2.75) is 71.3 Å². The Morgan fingerprint density at radius 2 is 1.59 bits per heavy atom. The van der Waals surface area contributed by atoms with Gasteiger partial charge in [0, 0.05) is 12.1 Å². The van der Waals surface area contributed by atoms with Gasteiger partial charge < -0.3 is 20.1 Å². The number of anilines is 2. The van der Waals surface area contributed by atoms with Gasteiger partial charge in [-0.15, -0.1) is 0 Å². The predicted octanol–water partition coefficient (Wildman–Crippen LogP) is 4.70. The first-order valence-corrected chi connectivity index (χ1v) is 12.3. The molecule has 4 bridgehead atoms. The van der Waals surface area contributed by atoms with Crippen LogP contribution in [-0.2, 0) is 14.3 Å². The van der Waals surface area contributed by atoms with Gasteiger partial charge in [-0.05, 0) is 101 Å². The number of benzene rings is 1. The largest absolute Gasteiger partial charge is 0.495 e. The smallest absolute Gasteiger partial charge is 0.412 e. The standard InChI is InChI=1S/C26H37N3O5/c1-25(2,3)34-24(32)29-20-10-19(5-6-21(20)33-4)28-23(31)15-27-22(30)14-26-11-16-7-17(12-26)9-18(8-16)13-26/h5-6,10,16-18H,7-9,11-15H2,1-4H3,(H,27,30)(H,28,31)(H,29,32). The third-order valence-corrected chi connectivity index (χ3v) is 7.27. The summed E-state index contributed by atoms with van der Waals surface area (Å²) in [6.07, 6.45) is 7.43. The lowest BCUT2D eigenvalue weighted by Gasteiger charge is -2.56. The second-order valence-corrected chi connectivity index (χ2v) is 11.5. The third-order valence-electron chi connectivity index (χ3n) is 7.27. The fourth-order valence-corrected chi connectivity index (χ4v) is 6.59. The van der Waals surface area contributed by atoms with Crippen LogP contribution in [0.4, 0.5) is 16.2 Å². The van der Waals surface area contributed by atoms with E-state index < -0.39 is 11.7 Å². The van der Waals surface area contributed by atoms with Gasteiger partial charge in [-0.2, -0.15) is 0 Å². The zero-order chi connectivity index (χ0) is 24.5. The van der Waals surface area contributed by atoms with Gasteiger partial charge in [-0.3, -0.25) is 14.9 Å². The molecule has 3 N–H and O–H groups in total. The molecule has 4 saturated carbocycles. The molecule has 0 atom stereocenters. The monoisotopic (exact) mass is 471 g/mol. The molecule has 8 heteroatoms. The highest BCUT2D eigenvalue weighted by atomic mass is 16.6. The van der Waals surface area contributed by atoms with Crippen molar-refractivity contribution in [3.63, 3.8) is 0 Å². The quantitative estimate of drug-likeness (QED) is 0.534. The van der Waals surface area contributed by atoms with Crippen molar-refractivity contribution in [1.29, 1.82) is 0 Å². The molecule has 4 aliphatic carbocycles. The highest BCUT2D eigenvalue weighted by Gasteiger charge is 2.51. The number of carbonyl (C=O) groups excluding carboxylic acids is 3. The Bertz CT molecular complexity index is 917. The van der Waals surface area contributed by atoms with Crippen molar-refractivity contribution >= 4 is 29.3 Å². The summed E-state index contributed by atoms with van der Waals surface area (Å²) in [4.78, 5) is 37.3. The average molecular weight is 472 g/mol. The van der Waals surface area contributed by atoms with E-state index in [4.69, 9.17) is 9.47 Å². The zero-order valence-corrected chi connectivity index (χ0v) is 20.7. The molecule has 34 heavy (non-hydrogen) atoms. The number of carbonyl (C=O) groups is 3. The molecular weight excluding hydrogens is 434 g/mol. The molecule has 186 valence electrons. The molecule has 1 aromatic rings. The van der Waals surface area contributed by atoms with E-state index in [1.54, 1.807) is 39.0 Å². The van der Waals surface area contributed by atoms with E-state index >= 15 is 0 Å². The minimum atomic E-state index is -0.641. The Balaban J connectivity index is 1.29. The van der Waals surface area contributed by atoms with Crippen molar-refractivity contribution in [1.82, 2.24) is 5.32 Å². The average Bonchev–Trinajstić information content (AvgIpc) is 2.70. The van der Waals surface area contributed by atoms with Gasteiger partial charge in [0.1, 0.15) is 11.4 Å². The molecular formula is C26H37N3O5. The summed E-state index contributed by atoms with van der Waals surface area (Å²) in [5.41, 5.74) is 0.359. The number of amides is 3. The van der Waals surface area contributed by atoms with Crippen molar-refractivity contribution in [3.05, 3.63) is 18.2 Å². The molecule has 0 radical (unpaired) electrons. The summed E-state index contributed by atoms with van der Waals surface area (Å²) in [6, 6.07) is 4.92. The molecule has 3 amide bonds. The normalized spacial score (nSPS) is 27.1. The minimum Gasteiger partial charge on any atom is -0.495 e. The van der Waals surface area contributed by atoms with E-state index in [1.807, 2.05) is 0 Å². The first-order chi connectivity index (χ1) is 16.0. The van der Waals surface area contributed by atoms with Crippen LogP contribution in [0.3, 0.4) is 0 Å². The molecule has 0 heterocycles.